The van der Waals surface area contributed by atoms with Crippen LogP contribution in [0.3, 0.4) is 0 Å². The van der Waals surface area contributed by atoms with Gasteiger partial charge in [-0.2, -0.15) is 0 Å². The first-order valence-corrected chi connectivity index (χ1v) is 14.0. The summed E-state index contributed by atoms with van der Waals surface area (Å²) < 4.78 is 40.4. The molecule has 1 fully saturated rings. The third kappa shape index (κ3) is 6.51. The minimum Gasteiger partial charge on any atom is -0.501 e. The Labute approximate surface area is 215 Å². The summed E-state index contributed by atoms with van der Waals surface area (Å²) in [5.74, 6) is -2.91. The molecule has 0 saturated carbocycles. The number of H-pyrrole nitrogens is 1. The maximum absolute atomic E-state index is 13.4. The Kier molecular flexibility index (Phi) is 8.21. The number of sulfonamides is 1. The third-order valence-corrected chi connectivity index (χ3v) is 8.16. The van der Waals surface area contributed by atoms with Crippen LogP contribution in [-0.2, 0) is 29.3 Å². The van der Waals surface area contributed by atoms with Crippen LogP contribution in [0.2, 0.25) is 0 Å². The van der Waals surface area contributed by atoms with Gasteiger partial charge in [0, 0.05) is 32.7 Å². The lowest BCUT2D eigenvalue weighted by molar-refractivity contribution is 0.0942. The molecule has 2 aromatic carbocycles. The Hall–Kier alpha value is -3.34. The van der Waals surface area contributed by atoms with E-state index in [1.807, 2.05) is 29.2 Å². The van der Waals surface area contributed by atoms with Gasteiger partial charge in [-0.1, -0.05) is 36.4 Å². The zero-order valence-electron chi connectivity index (χ0n) is 19.9. The van der Waals surface area contributed by atoms with Crippen LogP contribution in [0.4, 0.5) is 10.3 Å². The second kappa shape index (κ2) is 11.4. The molecular weight excluding hydrogens is 520 g/mol. The van der Waals surface area contributed by atoms with Crippen LogP contribution in [0, 0.1) is 5.82 Å². The minimum absolute atomic E-state index is 0.00984. The maximum Gasteiger partial charge on any atom is 0.295 e. The molecule has 0 spiro atoms. The first kappa shape index (κ1) is 26.7. The number of aromatic nitrogens is 2. The highest BCUT2D eigenvalue weighted by atomic mass is 32.2. The van der Waals surface area contributed by atoms with Gasteiger partial charge >= 0.3 is 0 Å². The number of amides is 1. The molecule has 3 aromatic rings. The monoisotopic (exact) mass is 547 g/mol. The number of carbonyl (C=O) groups is 1. The van der Waals surface area contributed by atoms with Crippen LogP contribution < -0.4 is 15.2 Å². The van der Waals surface area contributed by atoms with Crippen LogP contribution in [0.25, 0.3) is 0 Å². The summed E-state index contributed by atoms with van der Waals surface area (Å²) in [6.45, 7) is 1.08. The Bertz CT molecular complexity index is 1450. The molecule has 0 radical (unpaired) electrons. The van der Waals surface area contributed by atoms with Crippen molar-refractivity contribution < 1.29 is 22.7 Å². The van der Waals surface area contributed by atoms with Gasteiger partial charge < -0.3 is 10.4 Å². The van der Waals surface area contributed by atoms with Crippen molar-refractivity contribution in [2.75, 3.05) is 29.7 Å². The van der Waals surface area contributed by atoms with E-state index in [4.69, 9.17) is 0 Å². The summed E-state index contributed by atoms with van der Waals surface area (Å²) in [4.78, 5) is 33.3. The van der Waals surface area contributed by atoms with Crippen molar-refractivity contribution in [1.29, 1.82) is 0 Å². The summed E-state index contributed by atoms with van der Waals surface area (Å²) in [5.41, 5.74) is 1.00. The molecule has 0 bridgehead atoms. The van der Waals surface area contributed by atoms with Crippen LogP contribution in [0.5, 0.6) is 5.75 Å². The molecule has 1 atom stereocenters. The second-order valence-electron chi connectivity index (χ2n) is 8.58. The summed E-state index contributed by atoms with van der Waals surface area (Å²) in [7, 11) is -1.21. The van der Waals surface area contributed by atoms with Crippen molar-refractivity contribution in [1.82, 2.24) is 20.2 Å². The Morgan fingerprint density at radius 1 is 1.11 bits per heavy atom. The number of halogens is 1. The fraction of sp³-hybridized carbons (Fsp3) is 0.292. The predicted molar refractivity (Wildman–Crippen MR) is 140 cm³/mol. The molecule has 2 heterocycles. The first-order chi connectivity index (χ1) is 17.7. The quantitative estimate of drug-likeness (QED) is 0.382. The summed E-state index contributed by atoms with van der Waals surface area (Å²) >= 11 is 0. The zero-order chi connectivity index (χ0) is 26.6. The molecule has 10 nitrogen and oxygen atoms in total. The van der Waals surface area contributed by atoms with E-state index < -0.39 is 38.8 Å². The normalized spacial score (nSPS) is 15.8. The van der Waals surface area contributed by atoms with Gasteiger partial charge in [0.1, 0.15) is 5.82 Å². The zero-order valence-corrected chi connectivity index (χ0v) is 21.8. The summed E-state index contributed by atoms with van der Waals surface area (Å²) in [6.07, 6.45) is 0.847. The molecule has 196 valence electrons. The van der Waals surface area contributed by atoms with Crippen LogP contribution in [-0.4, -0.2) is 59.7 Å². The van der Waals surface area contributed by atoms with E-state index in [1.165, 1.54) is 23.8 Å². The van der Waals surface area contributed by atoms with Gasteiger partial charge in [0.05, 0.1) is 5.75 Å². The van der Waals surface area contributed by atoms with Gasteiger partial charge in [-0.05, 0) is 35.0 Å². The Morgan fingerprint density at radius 2 is 1.84 bits per heavy atom. The lowest BCUT2D eigenvalue weighted by Gasteiger charge is -2.22. The first-order valence-electron chi connectivity index (χ1n) is 11.5. The minimum atomic E-state index is -3.88. The molecule has 0 aliphatic carbocycles. The number of nitrogens with one attached hydrogen (secondary N) is 2. The number of aromatic hydroxyl groups is 1. The van der Waals surface area contributed by atoms with Gasteiger partial charge in [0.15, 0.2) is 5.69 Å². The number of benzene rings is 2. The molecule has 37 heavy (non-hydrogen) atoms. The number of anilines is 1. The van der Waals surface area contributed by atoms with E-state index in [1.54, 1.807) is 6.07 Å². The number of rotatable bonds is 7. The highest BCUT2D eigenvalue weighted by molar-refractivity contribution is 7.92. The van der Waals surface area contributed by atoms with Crippen molar-refractivity contribution in [3.05, 3.63) is 87.1 Å². The lowest BCUT2D eigenvalue weighted by Crippen LogP contribution is -2.37. The van der Waals surface area contributed by atoms with Crippen molar-refractivity contribution in [2.24, 2.45) is 0 Å². The van der Waals surface area contributed by atoms with Gasteiger partial charge in [-0.25, -0.2) is 22.1 Å². The molecule has 1 amide bonds. The van der Waals surface area contributed by atoms with Gasteiger partial charge in [0.25, 0.3) is 11.5 Å². The molecule has 1 aliphatic heterocycles. The highest BCUT2D eigenvalue weighted by Gasteiger charge is 2.31. The third-order valence-electron chi connectivity index (χ3n) is 5.96. The summed E-state index contributed by atoms with van der Waals surface area (Å²) in [5, 5.41) is 12.6. The predicted octanol–water partition coefficient (Wildman–Crippen LogP) is 1.57. The number of aromatic amines is 1. The maximum atomic E-state index is 13.4. The van der Waals surface area contributed by atoms with Crippen LogP contribution in [0.1, 0.15) is 27.2 Å². The molecule has 1 aromatic heterocycles. The van der Waals surface area contributed by atoms with E-state index in [-0.39, 0.29) is 31.3 Å². The fourth-order valence-electron chi connectivity index (χ4n) is 3.92. The second-order valence-corrected chi connectivity index (χ2v) is 11.0. The van der Waals surface area contributed by atoms with E-state index in [2.05, 4.69) is 24.5 Å². The Balaban J connectivity index is 1.52. The lowest BCUT2D eigenvalue weighted by atomic mass is 10.1. The van der Waals surface area contributed by atoms with E-state index in [9.17, 15) is 27.5 Å². The largest absolute Gasteiger partial charge is 0.501 e. The molecule has 1 aliphatic rings. The molecule has 13 heteroatoms. The fourth-order valence-corrected chi connectivity index (χ4v) is 5.61. The van der Waals surface area contributed by atoms with Crippen molar-refractivity contribution >= 4 is 31.1 Å². The number of hydrogen-bond donors (Lipinski definition) is 3. The van der Waals surface area contributed by atoms with Crippen molar-refractivity contribution in [3.63, 3.8) is 0 Å². The standard InChI is InChI=1S/C24H27FN5O5PS/c25-19-3-1-2-18(12-19)13-26-22(32)20-21(31)23(33)28-24(27-20)30-9-8-29(10-11-37(30,34)35)14-16-4-6-17(15-36)7-5-16/h1-7,12,31H,8-11,13-15,36H2,(H,26,32)(H,27,28,33). The molecule has 1 saturated heterocycles. The smallest absolute Gasteiger partial charge is 0.295 e. The van der Waals surface area contributed by atoms with Gasteiger partial charge in [-0.3, -0.25) is 19.5 Å². The SMILES string of the molecule is O=C(NCc1cccc(F)c1)c1nc(N2CCN(Cc3ccc(CP)cc3)CCS2(=O)=O)[nH]c(=O)c1O. The topological polar surface area (TPSA) is 136 Å². The van der Waals surface area contributed by atoms with E-state index in [0.29, 0.717) is 18.7 Å². The van der Waals surface area contributed by atoms with Crippen LogP contribution >= 0.6 is 9.24 Å². The van der Waals surface area contributed by atoms with Crippen molar-refractivity contribution in [2.45, 2.75) is 19.3 Å². The van der Waals surface area contributed by atoms with E-state index >= 15 is 0 Å². The molecule has 3 N–H and O–H groups in total. The average molecular weight is 548 g/mol. The number of nitrogens with zero attached hydrogens (tertiary/aromatic N) is 3. The summed E-state index contributed by atoms with van der Waals surface area (Å²) in [6, 6.07) is 13.6. The molecular formula is C24H27FN5O5PS. The highest BCUT2D eigenvalue weighted by Crippen LogP contribution is 2.20. The van der Waals surface area contributed by atoms with Crippen molar-refractivity contribution in [3.8, 4) is 5.75 Å². The number of hydrogen-bond acceptors (Lipinski definition) is 7. The Morgan fingerprint density at radius 3 is 2.54 bits per heavy atom. The molecule has 4 rings (SSSR count). The molecule has 1 unspecified atom stereocenters. The van der Waals surface area contributed by atoms with Gasteiger partial charge in [0.2, 0.25) is 21.7 Å². The number of carbonyl (C=O) groups excluding carboxylic acids is 1. The average Bonchev–Trinajstić information content (AvgIpc) is 3.02. The van der Waals surface area contributed by atoms with Crippen LogP contribution in [0.15, 0.2) is 53.3 Å². The van der Waals surface area contributed by atoms with Gasteiger partial charge in [-0.15, -0.1) is 9.24 Å². The van der Waals surface area contributed by atoms with E-state index in [0.717, 1.165) is 16.0 Å².